The number of aryl methyl sites for hydroxylation is 1. The molecule has 0 saturated carbocycles. The molecule has 2 aromatic carbocycles. The van der Waals surface area contributed by atoms with Gasteiger partial charge in [-0.15, -0.1) is 0 Å². The Morgan fingerprint density at radius 1 is 0.941 bits per heavy atom. The molecular weight excluding hydrogens is 276 g/mol. The van der Waals surface area contributed by atoms with Crippen molar-refractivity contribution in [3.63, 3.8) is 0 Å². The van der Waals surface area contributed by atoms with Gasteiger partial charge in [0.25, 0.3) is 0 Å². The zero-order valence-corrected chi connectivity index (χ0v) is 11.0. The predicted octanol–water partition coefficient (Wildman–Crippen LogP) is 5.17. The summed E-state index contributed by atoms with van der Waals surface area (Å²) < 4.78 is 6.73. The van der Waals surface area contributed by atoms with E-state index < -0.39 is 0 Å². The van der Waals surface area contributed by atoms with Crippen molar-refractivity contribution in [1.82, 2.24) is 0 Å². The molecule has 2 heteroatoms. The van der Waals surface area contributed by atoms with Crippen LogP contribution in [0.4, 0.5) is 0 Å². The number of rotatable bonds is 1. The van der Waals surface area contributed by atoms with E-state index in [1.165, 1.54) is 10.8 Å². The number of fused-ring (bicyclic) bond motifs is 1. The highest BCUT2D eigenvalue weighted by molar-refractivity contribution is 9.10. The highest BCUT2D eigenvalue weighted by Crippen LogP contribution is 2.33. The SMILES string of the molecule is Cc1ccc(-c2cc3ccccc3cc2Br)o1. The minimum atomic E-state index is 0.903. The van der Waals surface area contributed by atoms with Crippen molar-refractivity contribution in [2.24, 2.45) is 0 Å². The van der Waals surface area contributed by atoms with Crippen molar-refractivity contribution < 1.29 is 4.42 Å². The zero-order valence-electron chi connectivity index (χ0n) is 9.41. The van der Waals surface area contributed by atoms with Crippen molar-refractivity contribution in [2.45, 2.75) is 6.92 Å². The third kappa shape index (κ3) is 1.89. The van der Waals surface area contributed by atoms with Gasteiger partial charge in [-0.2, -0.15) is 0 Å². The van der Waals surface area contributed by atoms with Gasteiger partial charge in [-0.3, -0.25) is 0 Å². The summed E-state index contributed by atoms with van der Waals surface area (Å²) in [5, 5.41) is 2.45. The number of hydrogen-bond donors (Lipinski definition) is 0. The van der Waals surface area contributed by atoms with Crippen LogP contribution in [0.3, 0.4) is 0 Å². The van der Waals surface area contributed by atoms with Crippen LogP contribution in [0.25, 0.3) is 22.1 Å². The first-order valence-electron chi connectivity index (χ1n) is 5.49. The Kier molecular flexibility index (Phi) is 2.52. The van der Waals surface area contributed by atoms with E-state index in [1.54, 1.807) is 0 Å². The second kappa shape index (κ2) is 4.04. The Hall–Kier alpha value is -1.54. The molecule has 0 N–H and O–H groups in total. The molecule has 0 bridgehead atoms. The smallest absolute Gasteiger partial charge is 0.135 e. The van der Waals surface area contributed by atoms with Crippen LogP contribution >= 0.6 is 15.9 Å². The maximum Gasteiger partial charge on any atom is 0.135 e. The lowest BCUT2D eigenvalue weighted by Gasteiger charge is -2.04. The summed E-state index contributed by atoms with van der Waals surface area (Å²) in [6.07, 6.45) is 0. The molecule has 1 nitrogen and oxygen atoms in total. The standard InChI is InChI=1S/C15H11BrO/c1-10-6-7-15(17-10)13-8-11-4-2-3-5-12(11)9-14(13)16/h2-9H,1H3. The van der Waals surface area contributed by atoms with Gasteiger partial charge in [-0.05, 0) is 42.0 Å². The van der Waals surface area contributed by atoms with Gasteiger partial charge in [0.05, 0.1) is 0 Å². The van der Waals surface area contributed by atoms with E-state index in [2.05, 4.69) is 40.2 Å². The Bertz CT molecular complexity index is 682. The van der Waals surface area contributed by atoms with Crippen LogP contribution in [0.1, 0.15) is 5.76 Å². The molecule has 3 rings (SSSR count). The molecule has 1 heterocycles. The van der Waals surface area contributed by atoms with E-state index in [9.17, 15) is 0 Å². The number of halogens is 1. The molecule has 1 aromatic heterocycles. The molecule has 0 atom stereocenters. The molecule has 0 radical (unpaired) electrons. The summed E-state index contributed by atoms with van der Waals surface area (Å²) in [5.74, 6) is 1.83. The van der Waals surface area contributed by atoms with Crippen LogP contribution in [-0.4, -0.2) is 0 Å². The van der Waals surface area contributed by atoms with Gasteiger partial charge in [0.2, 0.25) is 0 Å². The van der Waals surface area contributed by atoms with Gasteiger partial charge in [0.1, 0.15) is 11.5 Å². The monoisotopic (exact) mass is 286 g/mol. The molecule has 17 heavy (non-hydrogen) atoms. The van der Waals surface area contributed by atoms with Gasteiger partial charge in [-0.1, -0.05) is 40.2 Å². The molecule has 0 aliphatic carbocycles. The van der Waals surface area contributed by atoms with E-state index in [-0.39, 0.29) is 0 Å². The fraction of sp³-hybridized carbons (Fsp3) is 0.0667. The molecule has 0 unspecified atom stereocenters. The van der Waals surface area contributed by atoms with Crippen LogP contribution in [0.5, 0.6) is 0 Å². The summed E-state index contributed by atoms with van der Waals surface area (Å²) in [6.45, 7) is 1.96. The number of furan rings is 1. The lowest BCUT2D eigenvalue weighted by Crippen LogP contribution is -1.79. The molecule has 0 fully saturated rings. The van der Waals surface area contributed by atoms with Crippen LogP contribution in [0.15, 0.2) is 57.4 Å². The lowest BCUT2D eigenvalue weighted by molar-refractivity contribution is 0.548. The minimum absolute atomic E-state index is 0.903. The highest BCUT2D eigenvalue weighted by Gasteiger charge is 2.08. The third-order valence-electron chi connectivity index (χ3n) is 2.84. The molecule has 0 spiro atoms. The Morgan fingerprint density at radius 3 is 2.29 bits per heavy atom. The second-order valence-corrected chi connectivity index (χ2v) is 4.94. The first-order valence-corrected chi connectivity index (χ1v) is 6.28. The first kappa shape index (κ1) is 10.6. The van der Waals surface area contributed by atoms with Crippen molar-refractivity contribution in [3.8, 4) is 11.3 Å². The Balaban J connectivity index is 2.26. The summed E-state index contributed by atoms with van der Waals surface area (Å²) >= 11 is 3.60. The summed E-state index contributed by atoms with van der Waals surface area (Å²) in [7, 11) is 0. The average Bonchev–Trinajstić information content (AvgIpc) is 2.75. The van der Waals surface area contributed by atoms with E-state index in [4.69, 9.17) is 4.42 Å². The average molecular weight is 287 g/mol. The van der Waals surface area contributed by atoms with E-state index >= 15 is 0 Å². The quantitative estimate of drug-likeness (QED) is 0.601. The van der Waals surface area contributed by atoms with Crippen LogP contribution in [-0.2, 0) is 0 Å². The minimum Gasteiger partial charge on any atom is -0.461 e. The molecule has 84 valence electrons. The predicted molar refractivity (Wildman–Crippen MR) is 74.1 cm³/mol. The molecule has 0 aliphatic rings. The molecule has 0 amide bonds. The molecular formula is C15H11BrO. The van der Waals surface area contributed by atoms with Crippen molar-refractivity contribution >= 4 is 26.7 Å². The van der Waals surface area contributed by atoms with E-state index in [0.29, 0.717) is 0 Å². The topological polar surface area (TPSA) is 13.1 Å². The first-order chi connectivity index (χ1) is 8.24. The molecule has 0 saturated heterocycles. The van der Waals surface area contributed by atoms with E-state index in [0.717, 1.165) is 21.6 Å². The number of hydrogen-bond acceptors (Lipinski definition) is 1. The maximum atomic E-state index is 5.67. The highest BCUT2D eigenvalue weighted by atomic mass is 79.9. The van der Waals surface area contributed by atoms with Crippen molar-refractivity contribution in [3.05, 3.63) is 58.8 Å². The zero-order chi connectivity index (χ0) is 11.8. The summed E-state index contributed by atoms with van der Waals surface area (Å²) in [6, 6.07) is 16.6. The van der Waals surface area contributed by atoms with Crippen molar-refractivity contribution in [2.75, 3.05) is 0 Å². The molecule has 3 aromatic rings. The number of benzene rings is 2. The van der Waals surface area contributed by atoms with Gasteiger partial charge in [-0.25, -0.2) is 0 Å². The lowest BCUT2D eigenvalue weighted by atomic mass is 10.1. The fourth-order valence-corrected chi connectivity index (χ4v) is 2.54. The van der Waals surface area contributed by atoms with Gasteiger partial charge in [0.15, 0.2) is 0 Å². The van der Waals surface area contributed by atoms with Gasteiger partial charge in [0, 0.05) is 10.0 Å². The van der Waals surface area contributed by atoms with Gasteiger partial charge < -0.3 is 4.42 Å². The third-order valence-corrected chi connectivity index (χ3v) is 3.50. The normalized spacial score (nSPS) is 10.9. The fourth-order valence-electron chi connectivity index (χ4n) is 1.98. The Labute approximate surface area is 108 Å². The maximum absolute atomic E-state index is 5.67. The second-order valence-electron chi connectivity index (χ2n) is 4.09. The summed E-state index contributed by atoms with van der Waals surface area (Å²) in [4.78, 5) is 0. The molecule has 0 aliphatic heterocycles. The van der Waals surface area contributed by atoms with Gasteiger partial charge >= 0.3 is 0 Å². The van der Waals surface area contributed by atoms with Crippen molar-refractivity contribution in [1.29, 1.82) is 0 Å². The largest absolute Gasteiger partial charge is 0.461 e. The summed E-state index contributed by atoms with van der Waals surface area (Å²) in [5.41, 5.74) is 1.09. The van der Waals surface area contributed by atoms with Crippen LogP contribution < -0.4 is 0 Å². The van der Waals surface area contributed by atoms with Crippen LogP contribution in [0.2, 0.25) is 0 Å². The Morgan fingerprint density at radius 2 is 1.65 bits per heavy atom. The van der Waals surface area contributed by atoms with Crippen LogP contribution in [0, 0.1) is 6.92 Å². The van der Waals surface area contributed by atoms with E-state index in [1.807, 2.05) is 31.2 Å².